The fraction of sp³-hybridized carbons (Fsp3) is 0.529. The Bertz CT molecular complexity index is 622. The minimum absolute atomic E-state index is 0.134. The number of hydrogen-bond donors (Lipinski definition) is 0. The molecule has 0 bridgehead atoms. The zero-order valence-corrected chi connectivity index (χ0v) is 13.6. The minimum atomic E-state index is -0.562. The molecule has 6 nitrogen and oxygen atoms in total. The molecule has 23 heavy (non-hydrogen) atoms. The van der Waals surface area contributed by atoms with Crippen molar-refractivity contribution >= 4 is 11.9 Å². The lowest BCUT2D eigenvalue weighted by Crippen LogP contribution is -2.65. The van der Waals surface area contributed by atoms with Crippen LogP contribution in [-0.4, -0.2) is 56.0 Å². The molecule has 0 atom stereocenters. The standard InChI is InChI=1S/C17H21NO5/c1-16(2)22-10-17(11-23-16)8-18(9-17)14(19)12-6-4-5-7-13(12)15(20)21-3/h4-7H,8-11H2,1-3H3. The SMILES string of the molecule is COC(=O)c1ccccc1C(=O)N1CC2(COC(C)(C)OC2)C1. The molecule has 0 unspecified atom stereocenters. The van der Waals surface area contributed by atoms with Crippen LogP contribution in [-0.2, 0) is 14.2 Å². The van der Waals surface area contributed by atoms with Gasteiger partial charge in [0.1, 0.15) is 0 Å². The van der Waals surface area contributed by atoms with E-state index in [-0.39, 0.29) is 11.3 Å². The summed E-state index contributed by atoms with van der Waals surface area (Å²) in [6.07, 6.45) is 0. The third kappa shape index (κ3) is 2.96. The third-order valence-electron chi connectivity index (χ3n) is 4.35. The van der Waals surface area contributed by atoms with Gasteiger partial charge in [-0.1, -0.05) is 12.1 Å². The van der Waals surface area contributed by atoms with Crippen molar-refractivity contribution in [1.82, 2.24) is 4.90 Å². The highest BCUT2D eigenvalue weighted by Crippen LogP contribution is 2.38. The lowest BCUT2D eigenvalue weighted by Gasteiger charge is -2.54. The maximum absolute atomic E-state index is 12.7. The molecule has 1 aromatic carbocycles. The predicted molar refractivity (Wildman–Crippen MR) is 82.1 cm³/mol. The van der Waals surface area contributed by atoms with E-state index in [0.29, 0.717) is 37.4 Å². The molecule has 1 amide bonds. The van der Waals surface area contributed by atoms with Crippen molar-refractivity contribution in [2.24, 2.45) is 5.41 Å². The summed E-state index contributed by atoms with van der Waals surface area (Å²) < 4.78 is 16.1. The Morgan fingerprint density at radius 1 is 1.09 bits per heavy atom. The van der Waals surface area contributed by atoms with E-state index >= 15 is 0 Å². The van der Waals surface area contributed by atoms with E-state index in [9.17, 15) is 9.59 Å². The largest absolute Gasteiger partial charge is 0.465 e. The number of methoxy groups -OCH3 is 1. The summed E-state index contributed by atoms with van der Waals surface area (Å²) in [5, 5.41) is 0. The predicted octanol–water partition coefficient (Wildman–Crippen LogP) is 1.70. The first-order valence-corrected chi connectivity index (χ1v) is 7.60. The molecule has 0 saturated carbocycles. The topological polar surface area (TPSA) is 65.1 Å². The van der Waals surface area contributed by atoms with Gasteiger partial charge in [-0.25, -0.2) is 4.79 Å². The third-order valence-corrected chi connectivity index (χ3v) is 4.35. The van der Waals surface area contributed by atoms with E-state index in [0.717, 1.165) is 0 Å². The van der Waals surface area contributed by atoms with Crippen LogP contribution in [0.5, 0.6) is 0 Å². The van der Waals surface area contributed by atoms with Crippen LogP contribution < -0.4 is 0 Å². The van der Waals surface area contributed by atoms with Crippen molar-refractivity contribution < 1.29 is 23.8 Å². The molecule has 1 aromatic rings. The fourth-order valence-corrected chi connectivity index (χ4v) is 2.95. The van der Waals surface area contributed by atoms with Crippen molar-refractivity contribution in [3.8, 4) is 0 Å². The van der Waals surface area contributed by atoms with Crippen molar-refractivity contribution in [3.05, 3.63) is 35.4 Å². The molecule has 2 fully saturated rings. The molecule has 3 rings (SSSR count). The van der Waals surface area contributed by atoms with Gasteiger partial charge in [0.15, 0.2) is 5.79 Å². The zero-order valence-electron chi connectivity index (χ0n) is 13.6. The molecule has 124 valence electrons. The van der Waals surface area contributed by atoms with Gasteiger partial charge in [-0.3, -0.25) is 4.79 Å². The van der Waals surface area contributed by atoms with Gasteiger partial charge in [0.25, 0.3) is 5.91 Å². The summed E-state index contributed by atoms with van der Waals surface area (Å²) in [5.74, 6) is -1.23. The lowest BCUT2D eigenvalue weighted by molar-refractivity contribution is -0.301. The smallest absolute Gasteiger partial charge is 0.338 e. The number of ether oxygens (including phenoxy) is 3. The van der Waals surface area contributed by atoms with Gasteiger partial charge in [0.2, 0.25) is 0 Å². The molecule has 2 saturated heterocycles. The van der Waals surface area contributed by atoms with E-state index in [2.05, 4.69) is 0 Å². The number of likely N-dealkylation sites (tertiary alicyclic amines) is 1. The number of carbonyl (C=O) groups is 2. The summed E-state index contributed by atoms with van der Waals surface area (Å²) in [4.78, 5) is 26.2. The van der Waals surface area contributed by atoms with Gasteiger partial charge in [-0.15, -0.1) is 0 Å². The molecule has 1 spiro atoms. The average molecular weight is 319 g/mol. The molecule has 0 aromatic heterocycles. The Balaban J connectivity index is 1.69. The Morgan fingerprint density at radius 2 is 1.65 bits per heavy atom. The fourth-order valence-electron chi connectivity index (χ4n) is 2.95. The molecule has 6 heteroatoms. The monoisotopic (exact) mass is 319 g/mol. The van der Waals surface area contributed by atoms with Crippen LogP contribution in [0.1, 0.15) is 34.6 Å². The summed E-state index contributed by atoms with van der Waals surface area (Å²) in [5.41, 5.74) is 0.524. The van der Waals surface area contributed by atoms with E-state index in [1.165, 1.54) is 7.11 Å². The Labute approximate surface area is 135 Å². The average Bonchev–Trinajstić information content (AvgIpc) is 2.52. The van der Waals surface area contributed by atoms with Crippen molar-refractivity contribution in [1.29, 1.82) is 0 Å². The Hall–Kier alpha value is -1.92. The molecule has 2 aliphatic heterocycles. The first kappa shape index (κ1) is 16.0. The van der Waals surface area contributed by atoms with Gasteiger partial charge in [0, 0.05) is 13.1 Å². The summed E-state index contributed by atoms with van der Waals surface area (Å²) >= 11 is 0. The van der Waals surface area contributed by atoms with Crippen LogP contribution in [0.15, 0.2) is 24.3 Å². The van der Waals surface area contributed by atoms with Crippen LogP contribution in [0.25, 0.3) is 0 Å². The van der Waals surface area contributed by atoms with Gasteiger partial charge in [-0.05, 0) is 26.0 Å². The molecule has 0 N–H and O–H groups in total. The van der Waals surface area contributed by atoms with Gasteiger partial charge in [-0.2, -0.15) is 0 Å². The number of amides is 1. The zero-order chi connectivity index (χ0) is 16.7. The highest BCUT2D eigenvalue weighted by molar-refractivity contribution is 6.05. The molecular weight excluding hydrogens is 298 g/mol. The molecule has 2 heterocycles. The number of esters is 1. The van der Waals surface area contributed by atoms with E-state index in [4.69, 9.17) is 14.2 Å². The maximum Gasteiger partial charge on any atom is 0.338 e. The first-order valence-electron chi connectivity index (χ1n) is 7.60. The van der Waals surface area contributed by atoms with Crippen LogP contribution >= 0.6 is 0 Å². The maximum atomic E-state index is 12.7. The number of hydrogen-bond acceptors (Lipinski definition) is 5. The number of carbonyl (C=O) groups excluding carboxylic acids is 2. The number of benzene rings is 1. The van der Waals surface area contributed by atoms with Gasteiger partial charge in [0.05, 0.1) is 36.9 Å². The van der Waals surface area contributed by atoms with Crippen molar-refractivity contribution in [2.45, 2.75) is 19.6 Å². The molecular formula is C17H21NO5. The van der Waals surface area contributed by atoms with E-state index in [1.807, 2.05) is 13.8 Å². The highest BCUT2D eigenvalue weighted by atomic mass is 16.7. The van der Waals surface area contributed by atoms with Crippen LogP contribution in [0.4, 0.5) is 0 Å². The van der Waals surface area contributed by atoms with Gasteiger partial charge >= 0.3 is 5.97 Å². The minimum Gasteiger partial charge on any atom is -0.465 e. The van der Waals surface area contributed by atoms with Crippen LogP contribution in [0, 0.1) is 5.41 Å². The second-order valence-electron chi connectivity index (χ2n) is 6.68. The normalized spacial score (nSPS) is 21.6. The van der Waals surface area contributed by atoms with Crippen molar-refractivity contribution in [2.75, 3.05) is 33.4 Å². The van der Waals surface area contributed by atoms with Gasteiger partial charge < -0.3 is 19.1 Å². The highest BCUT2D eigenvalue weighted by Gasteiger charge is 2.50. The quantitative estimate of drug-likeness (QED) is 0.776. The molecule has 0 radical (unpaired) electrons. The number of nitrogens with zero attached hydrogens (tertiary/aromatic N) is 1. The molecule has 0 aliphatic carbocycles. The Morgan fingerprint density at radius 3 is 2.22 bits per heavy atom. The van der Waals surface area contributed by atoms with E-state index in [1.54, 1.807) is 29.2 Å². The summed E-state index contributed by atoms with van der Waals surface area (Å²) in [7, 11) is 1.31. The lowest BCUT2D eigenvalue weighted by atomic mass is 9.80. The second kappa shape index (κ2) is 5.62. The number of rotatable bonds is 2. The van der Waals surface area contributed by atoms with Crippen LogP contribution in [0.2, 0.25) is 0 Å². The van der Waals surface area contributed by atoms with E-state index < -0.39 is 11.8 Å². The first-order chi connectivity index (χ1) is 10.9. The van der Waals surface area contributed by atoms with Crippen LogP contribution in [0.3, 0.4) is 0 Å². The summed E-state index contributed by atoms with van der Waals surface area (Å²) in [6.45, 7) is 6.04. The Kier molecular flexibility index (Phi) is 3.90. The molecule has 2 aliphatic rings. The van der Waals surface area contributed by atoms with Crippen molar-refractivity contribution in [3.63, 3.8) is 0 Å². The summed E-state index contributed by atoms with van der Waals surface area (Å²) in [6, 6.07) is 6.71. The second-order valence-corrected chi connectivity index (χ2v) is 6.68.